The minimum absolute atomic E-state index is 0.233. The Hall–Kier alpha value is -4.43. The van der Waals surface area contributed by atoms with Crippen molar-refractivity contribution in [2.75, 3.05) is 13.7 Å². The molecule has 1 aliphatic rings. The number of hydrogen-bond acceptors (Lipinski definition) is 7. The van der Waals surface area contributed by atoms with Gasteiger partial charge in [-0.1, -0.05) is 78.1 Å². The second-order valence-corrected chi connectivity index (χ2v) is 9.91. The SMILES string of the molecule is CCOc1cc(C=c2sc3n(c2=O)C(c2ccccc2)C(C(=O)OC)=C(C)N=3)ccc1OCc1ccccc1. The molecule has 0 fully saturated rings. The predicted octanol–water partition coefficient (Wildman–Crippen LogP) is 4.39. The Bertz CT molecular complexity index is 1710. The Morgan fingerprint density at radius 3 is 2.41 bits per heavy atom. The van der Waals surface area contributed by atoms with E-state index in [1.807, 2.05) is 91.9 Å². The summed E-state index contributed by atoms with van der Waals surface area (Å²) in [7, 11) is 1.33. The summed E-state index contributed by atoms with van der Waals surface area (Å²) in [5, 5.41) is 0. The van der Waals surface area contributed by atoms with Crippen LogP contribution in [-0.2, 0) is 16.1 Å². The molecular formula is C31H28N2O5S. The number of hydrogen-bond donors (Lipinski definition) is 0. The first-order valence-electron chi connectivity index (χ1n) is 12.6. The molecule has 0 saturated heterocycles. The van der Waals surface area contributed by atoms with Crippen molar-refractivity contribution in [1.82, 2.24) is 4.57 Å². The molecule has 0 aliphatic carbocycles. The lowest BCUT2D eigenvalue weighted by Gasteiger charge is -2.24. The monoisotopic (exact) mass is 540 g/mol. The molecule has 0 amide bonds. The van der Waals surface area contributed by atoms with Crippen LogP contribution in [0.4, 0.5) is 0 Å². The van der Waals surface area contributed by atoms with Crippen LogP contribution < -0.4 is 24.4 Å². The first-order valence-corrected chi connectivity index (χ1v) is 13.4. The molecule has 39 heavy (non-hydrogen) atoms. The van der Waals surface area contributed by atoms with Gasteiger partial charge in [0.05, 0.1) is 35.6 Å². The second kappa shape index (κ2) is 11.5. The van der Waals surface area contributed by atoms with Gasteiger partial charge in [0.15, 0.2) is 16.3 Å². The molecule has 7 nitrogen and oxygen atoms in total. The van der Waals surface area contributed by atoms with Crippen LogP contribution in [0, 0.1) is 0 Å². The fraction of sp³-hybridized carbons (Fsp3) is 0.194. The van der Waals surface area contributed by atoms with Crippen LogP contribution >= 0.6 is 11.3 Å². The van der Waals surface area contributed by atoms with Gasteiger partial charge in [0.25, 0.3) is 5.56 Å². The van der Waals surface area contributed by atoms with E-state index in [1.54, 1.807) is 11.5 Å². The van der Waals surface area contributed by atoms with Gasteiger partial charge in [0, 0.05) is 0 Å². The number of carbonyl (C=O) groups is 1. The van der Waals surface area contributed by atoms with Gasteiger partial charge in [-0.15, -0.1) is 0 Å². The van der Waals surface area contributed by atoms with E-state index in [1.165, 1.54) is 18.4 Å². The summed E-state index contributed by atoms with van der Waals surface area (Å²) in [6, 6.07) is 24.3. The minimum atomic E-state index is -0.634. The average molecular weight is 541 g/mol. The van der Waals surface area contributed by atoms with Gasteiger partial charge in [0.1, 0.15) is 6.61 Å². The molecule has 1 atom stereocenters. The fourth-order valence-electron chi connectivity index (χ4n) is 4.53. The van der Waals surface area contributed by atoms with Crippen molar-refractivity contribution in [2.45, 2.75) is 26.5 Å². The minimum Gasteiger partial charge on any atom is -0.490 e. The summed E-state index contributed by atoms with van der Waals surface area (Å²) in [5.74, 6) is 0.717. The molecule has 1 unspecified atom stereocenters. The number of benzene rings is 3. The zero-order chi connectivity index (χ0) is 27.4. The second-order valence-electron chi connectivity index (χ2n) is 8.90. The fourth-order valence-corrected chi connectivity index (χ4v) is 5.58. The summed E-state index contributed by atoms with van der Waals surface area (Å²) in [6.45, 7) is 4.57. The van der Waals surface area contributed by atoms with Crippen molar-refractivity contribution in [3.8, 4) is 11.5 Å². The van der Waals surface area contributed by atoms with Crippen molar-refractivity contribution >= 4 is 23.4 Å². The Balaban J connectivity index is 1.56. The third-order valence-electron chi connectivity index (χ3n) is 6.34. The number of carbonyl (C=O) groups excluding carboxylic acids is 1. The molecule has 0 spiro atoms. The van der Waals surface area contributed by atoms with Crippen molar-refractivity contribution in [2.24, 2.45) is 4.99 Å². The topological polar surface area (TPSA) is 79.1 Å². The van der Waals surface area contributed by atoms with Crippen LogP contribution in [0.25, 0.3) is 6.08 Å². The Morgan fingerprint density at radius 1 is 1.00 bits per heavy atom. The number of allylic oxidation sites excluding steroid dienone is 1. The van der Waals surface area contributed by atoms with Crippen LogP contribution in [0.3, 0.4) is 0 Å². The number of fused-ring (bicyclic) bond motifs is 1. The molecule has 0 radical (unpaired) electrons. The molecule has 3 aromatic carbocycles. The molecule has 1 aliphatic heterocycles. The van der Waals surface area contributed by atoms with Crippen LogP contribution in [0.1, 0.15) is 36.6 Å². The first-order chi connectivity index (χ1) is 19.0. The normalized spacial score (nSPS) is 14.9. The summed E-state index contributed by atoms with van der Waals surface area (Å²) in [5.41, 5.74) is 3.29. The molecule has 0 bridgehead atoms. The number of methoxy groups -OCH3 is 1. The molecular weight excluding hydrogens is 512 g/mol. The van der Waals surface area contributed by atoms with Crippen LogP contribution in [0.15, 0.2) is 99.9 Å². The summed E-state index contributed by atoms with van der Waals surface area (Å²) in [6.07, 6.45) is 1.81. The number of nitrogens with zero attached hydrogens (tertiary/aromatic N) is 2. The number of thiazole rings is 1. The van der Waals surface area contributed by atoms with Gasteiger partial charge in [-0.2, -0.15) is 0 Å². The highest BCUT2D eigenvalue weighted by molar-refractivity contribution is 7.07. The molecule has 5 rings (SSSR count). The third-order valence-corrected chi connectivity index (χ3v) is 7.33. The number of esters is 1. The lowest BCUT2D eigenvalue weighted by molar-refractivity contribution is -0.136. The Morgan fingerprint density at radius 2 is 1.72 bits per heavy atom. The van der Waals surface area contributed by atoms with E-state index in [0.29, 0.717) is 45.3 Å². The molecule has 198 valence electrons. The third kappa shape index (κ3) is 5.42. The van der Waals surface area contributed by atoms with Crippen LogP contribution in [0.5, 0.6) is 11.5 Å². The maximum atomic E-state index is 13.8. The van der Waals surface area contributed by atoms with Crippen LogP contribution in [-0.4, -0.2) is 24.3 Å². The molecule has 0 N–H and O–H groups in total. The van der Waals surface area contributed by atoms with Crippen LogP contribution in [0.2, 0.25) is 0 Å². The standard InChI is InChI=1S/C31H28N2O5S/c1-4-37-25-17-22(15-16-24(25)38-19-21-11-7-5-8-12-21)18-26-29(34)33-28(23-13-9-6-10-14-23)27(30(35)36-3)20(2)32-31(33)39-26/h5-18,28H,4,19H2,1-3H3. The average Bonchev–Trinajstić information content (AvgIpc) is 3.26. The number of aromatic nitrogens is 1. The zero-order valence-corrected chi connectivity index (χ0v) is 22.7. The highest BCUT2D eigenvalue weighted by Gasteiger charge is 2.32. The Labute approximate surface area is 229 Å². The maximum Gasteiger partial charge on any atom is 0.338 e. The number of rotatable bonds is 8. The van der Waals surface area contributed by atoms with Gasteiger partial charge in [-0.3, -0.25) is 9.36 Å². The van der Waals surface area contributed by atoms with E-state index in [-0.39, 0.29) is 5.56 Å². The van der Waals surface area contributed by atoms with Gasteiger partial charge < -0.3 is 14.2 Å². The predicted molar refractivity (Wildman–Crippen MR) is 151 cm³/mol. The maximum absolute atomic E-state index is 13.8. The highest BCUT2D eigenvalue weighted by atomic mass is 32.1. The van der Waals surface area contributed by atoms with Gasteiger partial charge in [0.2, 0.25) is 0 Å². The lowest BCUT2D eigenvalue weighted by atomic mass is 9.96. The van der Waals surface area contributed by atoms with E-state index < -0.39 is 12.0 Å². The quantitative estimate of drug-likeness (QED) is 0.310. The van der Waals surface area contributed by atoms with Crippen molar-refractivity contribution in [3.05, 3.63) is 127 Å². The van der Waals surface area contributed by atoms with Gasteiger partial charge in [-0.05, 0) is 48.7 Å². The summed E-state index contributed by atoms with van der Waals surface area (Å²) >= 11 is 1.28. The smallest absolute Gasteiger partial charge is 0.338 e. The van der Waals surface area contributed by atoms with Crippen molar-refractivity contribution in [3.63, 3.8) is 0 Å². The largest absolute Gasteiger partial charge is 0.490 e. The lowest BCUT2D eigenvalue weighted by Crippen LogP contribution is -2.39. The van der Waals surface area contributed by atoms with E-state index in [4.69, 9.17) is 14.2 Å². The van der Waals surface area contributed by atoms with E-state index in [2.05, 4.69) is 4.99 Å². The highest BCUT2D eigenvalue weighted by Crippen LogP contribution is 2.31. The van der Waals surface area contributed by atoms with Gasteiger partial charge in [-0.25, -0.2) is 9.79 Å². The zero-order valence-electron chi connectivity index (χ0n) is 21.9. The van der Waals surface area contributed by atoms with E-state index in [0.717, 1.165) is 16.7 Å². The molecule has 0 saturated carbocycles. The molecule has 2 heterocycles. The van der Waals surface area contributed by atoms with Crippen molar-refractivity contribution in [1.29, 1.82) is 0 Å². The Kier molecular flexibility index (Phi) is 7.74. The summed E-state index contributed by atoms with van der Waals surface area (Å²) in [4.78, 5) is 31.7. The van der Waals surface area contributed by atoms with Crippen molar-refractivity contribution < 1.29 is 19.0 Å². The molecule has 1 aromatic heterocycles. The van der Waals surface area contributed by atoms with E-state index >= 15 is 0 Å². The van der Waals surface area contributed by atoms with E-state index in [9.17, 15) is 9.59 Å². The summed E-state index contributed by atoms with van der Waals surface area (Å²) < 4.78 is 19.0. The number of ether oxygens (including phenoxy) is 3. The molecule has 8 heteroatoms. The molecule has 4 aromatic rings. The first kappa shape index (κ1) is 26.2. The van der Waals surface area contributed by atoms with Gasteiger partial charge >= 0.3 is 5.97 Å².